The molecule has 2 rings (SSSR count). The van der Waals surface area contributed by atoms with Gasteiger partial charge in [-0.25, -0.2) is 8.42 Å². The Bertz CT molecular complexity index is 781. The third-order valence-corrected chi connectivity index (χ3v) is 4.86. The fourth-order valence-corrected chi connectivity index (χ4v) is 3.25. The first-order valence-electron chi connectivity index (χ1n) is 8.20. The Labute approximate surface area is 160 Å². The van der Waals surface area contributed by atoms with Crippen LogP contribution in [-0.2, 0) is 10.0 Å². The van der Waals surface area contributed by atoms with Crippen LogP contribution < -0.4 is 15.4 Å². The van der Waals surface area contributed by atoms with Gasteiger partial charge in [-0.3, -0.25) is 9.52 Å². The van der Waals surface area contributed by atoms with Gasteiger partial charge in [0.1, 0.15) is 0 Å². The number of halogens is 1. The molecule has 0 radical (unpaired) electrons. The maximum absolute atomic E-state index is 12.3. The van der Waals surface area contributed by atoms with E-state index in [-0.39, 0.29) is 23.2 Å². The highest BCUT2D eigenvalue weighted by molar-refractivity contribution is 7.92. The second kappa shape index (κ2) is 10.8. The minimum Gasteiger partial charge on any atom is -0.351 e. The number of sulfonamides is 1. The topological polar surface area (TPSA) is 87.3 Å². The number of carbonyl (C=O) groups excluding carboxylic acids is 1. The molecule has 0 aliphatic rings. The highest BCUT2D eigenvalue weighted by Crippen LogP contribution is 2.16. The normalized spacial score (nSPS) is 10.7. The van der Waals surface area contributed by atoms with E-state index in [1.807, 2.05) is 0 Å². The van der Waals surface area contributed by atoms with Gasteiger partial charge in [0.2, 0.25) is 0 Å². The van der Waals surface area contributed by atoms with Crippen molar-refractivity contribution < 1.29 is 13.2 Å². The molecule has 142 valence electrons. The molecule has 2 aromatic carbocycles. The highest BCUT2D eigenvalue weighted by Gasteiger charge is 2.13. The maximum atomic E-state index is 12.3. The van der Waals surface area contributed by atoms with Crippen LogP contribution in [0, 0.1) is 0 Å². The molecule has 0 atom stereocenters. The van der Waals surface area contributed by atoms with Crippen molar-refractivity contribution in [3.05, 3.63) is 60.2 Å². The Morgan fingerprint density at radius 1 is 0.923 bits per heavy atom. The second-order valence-electron chi connectivity index (χ2n) is 5.50. The van der Waals surface area contributed by atoms with Crippen LogP contribution in [0.25, 0.3) is 0 Å². The number of anilines is 1. The monoisotopic (exact) mass is 397 g/mol. The number of amides is 1. The summed E-state index contributed by atoms with van der Waals surface area (Å²) < 4.78 is 27.0. The molecule has 0 saturated heterocycles. The molecule has 0 fully saturated rings. The summed E-state index contributed by atoms with van der Waals surface area (Å²) in [6.07, 6.45) is 1.05. The molecule has 0 saturated carbocycles. The Hall–Kier alpha value is -2.09. The Kier molecular flexibility index (Phi) is 9.12. The lowest BCUT2D eigenvalue weighted by Crippen LogP contribution is -2.32. The molecule has 26 heavy (non-hydrogen) atoms. The van der Waals surface area contributed by atoms with Crippen LogP contribution >= 0.6 is 12.4 Å². The van der Waals surface area contributed by atoms with E-state index in [0.29, 0.717) is 24.3 Å². The van der Waals surface area contributed by atoms with Gasteiger partial charge in [0.05, 0.1) is 4.90 Å². The van der Waals surface area contributed by atoms with Gasteiger partial charge in [-0.05, 0) is 49.4 Å². The first kappa shape index (κ1) is 22.0. The number of nitrogens with one attached hydrogen (secondary N) is 3. The predicted molar refractivity (Wildman–Crippen MR) is 106 cm³/mol. The third kappa shape index (κ3) is 6.67. The Morgan fingerprint density at radius 2 is 1.58 bits per heavy atom. The van der Waals surface area contributed by atoms with E-state index in [9.17, 15) is 13.2 Å². The van der Waals surface area contributed by atoms with Crippen molar-refractivity contribution in [1.82, 2.24) is 10.6 Å². The summed E-state index contributed by atoms with van der Waals surface area (Å²) in [6.45, 7) is 4.26. The van der Waals surface area contributed by atoms with E-state index in [1.165, 1.54) is 12.1 Å². The van der Waals surface area contributed by atoms with Crippen LogP contribution in [0.2, 0.25) is 0 Å². The molecule has 0 bridgehead atoms. The molecule has 2 aromatic rings. The molecule has 0 aliphatic heterocycles. The van der Waals surface area contributed by atoms with Gasteiger partial charge in [0.25, 0.3) is 15.9 Å². The maximum Gasteiger partial charge on any atom is 0.261 e. The molecule has 6 nitrogen and oxygen atoms in total. The highest BCUT2D eigenvalue weighted by atomic mass is 35.5. The quantitative estimate of drug-likeness (QED) is 0.567. The van der Waals surface area contributed by atoms with Crippen LogP contribution in [0.5, 0.6) is 0 Å². The number of carbonyl (C=O) groups is 1. The Morgan fingerprint density at radius 3 is 2.19 bits per heavy atom. The second-order valence-corrected chi connectivity index (χ2v) is 7.18. The van der Waals surface area contributed by atoms with Crippen molar-refractivity contribution in [3.8, 4) is 0 Å². The van der Waals surface area contributed by atoms with Gasteiger partial charge in [-0.2, -0.15) is 0 Å². The lowest BCUT2D eigenvalue weighted by atomic mass is 10.2. The fraction of sp³-hybridized carbons (Fsp3) is 0.278. The minimum absolute atomic E-state index is 0. The summed E-state index contributed by atoms with van der Waals surface area (Å²) in [4.78, 5) is 12.2. The zero-order chi connectivity index (χ0) is 18.1. The van der Waals surface area contributed by atoms with Crippen LogP contribution in [0.15, 0.2) is 59.5 Å². The van der Waals surface area contributed by atoms with Crippen molar-refractivity contribution in [1.29, 1.82) is 0 Å². The van der Waals surface area contributed by atoms with E-state index in [2.05, 4.69) is 22.3 Å². The molecular formula is C18H24ClN3O3S. The largest absolute Gasteiger partial charge is 0.351 e. The van der Waals surface area contributed by atoms with Crippen LogP contribution in [-0.4, -0.2) is 34.0 Å². The van der Waals surface area contributed by atoms with Gasteiger partial charge in [0, 0.05) is 24.3 Å². The number of hydrogen-bond donors (Lipinski definition) is 3. The summed E-state index contributed by atoms with van der Waals surface area (Å²) in [5.41, 5.74) is 0.892. The SMILES string of the molecule is CCCNCCNC(=O)c1ccc(NS(=O)(=O)c2ccccc2)cc1.Cl. The minimum atomic E-state index is -3.63. The average molecular weight is 398 g/mol. The molecular weight excluding hydrogens is 374 g/mol. The summed E-state index contributed by atoms with van der Waals surface area (Å²) in [5, 5.41) is 6.01. The molecule has 0 aromatic heterocycles. The van der Waals surface area contributed by atoms with E-state index < -0.39 is 10.0 Å². The van der Waals surface area contributed by atoms with Crippen molar-refractivity contribution in [2.45, 2.75) is 18.2 Å². The Balaban J connectivity index is 0.00000338. The molecule has 8 heteroatoms. The average Bonchev–Trinajstić information content (AvgIpc) is 2.62. The fourth-order valence-electron chi connectivity index (χ4n) is 2.17. The van der Waals surface area contributed by atoms with Gasteiger partial charge in [-0.1, -0.05) is 25.1 Å². The zero-order valence-corrected chi connectivity index (χ0v) is 16.2. The smallest absolute Gasteiger partial charge is 0.261 e. The van der Waals surface area contributed by atoms with Crippen LogP contribution in [0.3, 0.4) is 0 Å². The van der Waals surface area contributed by atoms with E-state index in [4.69, 9.17) is 0 Å². The van der Waals surface area contributed by atoms with Crippen LogP contribution in [0.4, 0.5) is 5.69 Å². The molecule has 0 aliphatic carbocycles. The summed E-state index contributed by atoms with van der Waals surface area (Å²) in [7, 11) is -3.63. The van der Waals surface area contributed by atoms with Crippen molar-refractivity contribution in [2.75, 3.05) is 24.4 Å². The van der Waals surface area contributed by atoms with E-state index >= 15 is 0 Å². The predicted octanol–water partition coefficient (Wildman–Crippen LogP) is 2.64. The summed E-state index contributed by atoms with van der Waals surface area (Å²) in [6, 6.07) is 14.5. The van der Waals surface area contributed by atoms with Crippen molar-refractivity contribution >= 4 is 34.0 Å². The van der Waals surface area contributed by atoms with Gasteiger partial charge < -0.3 is 10.6 Å². The first-order chi connectivity index (χ1) is 12.0. The molecule has 0 unspecified atom stereocenters. The number of benzene rings is 2. The lowest BCUT2D eigenvalue weighted by molar-refractivity contribution is 0.0954. The molecule has 3 N–H and O–H groups in total. The number of hydrogen-bond acceptors (Lipinski definition) is 4. The molecule has 1 amide bonds. The van der Waals surface area contributed by atoms with E-state index in [1.54, 1.807) is 42.5 Å². The zero-order valence-electron chi connectivity index (χ0n) is 14.6. The van der Waals surface area contributed by atoms with Gasteiger partial charge in [0.15, 0.2) is 0 Å². The van der Waals surface area contributed by atoms with Crippen LogP contribution in [0.1, 0.15) is 23.7 Å². The molecule has 0 heterocycles. The first-order valence-corrected chi connectivity index (χ1v) is 9.68. The third-order valence-electron chi connectivity index (χ3n) is 3.47. The lowest BCUT2D eigenvalue weighted by Gasteiger charge is -2.09. The van der Waals surface area contributed by atoms with Gasteiger partial charge >= 0.3 is 0 Å². The van der Waals surface area contributed by atoms with Crippen molar-refractivity contribution in [2.24, 2.45) is 0 Å². The number of rotatable bonds is 9. The summed E-state index contributed by atoms with van der Waals surface area (Å²) >= 11 is 0. The van der Waals surface area contributed by atoms with E-state index in [0.717, 1.165) is 13.0 Å². The summed E-state index contributed by atoms with van der Waals surface area (Å²) in [5.74, 6) is -0.184. The van der Waals surface area contributed by atoms with Gasteiger partial charge in [-0.15, -0.1) is 12.4 Å². The molecule has 0 spiro atoms. The van der Waals surface area contributed by atoms with Crippen molar-refractivity contribution in [3.63, 3.8) is 0 Å². The standard InChI is InChI=1S/C18H23N3O3S.ClH/c1-2-12-19-13-14-20-18(22)15-8-10-16(11-9-15)21-25(23,24)17-6-4-3-5-7-17;/h3-11,19,21H,2,12-14H2,1H3,(H,20,22);1H.